The topological polar surface area (TPSA) is 134 Å². The first kappa shape index (κ1) is 18.1. The fraction of sp³-hybridized carbons (Fsp3) is 0.429. The average molecular weight is 314 g/mol. The Labute approximate surface area is 126 Å². The van der Waals surface area contributed by atoms with Crippen LogP contribution in [0.3, 0.4) is 0 Å². The number of aromatic carboxylic acids is 2. The van der Waals surface area contributed by atoms with Crippen molar-refractivity contribution in [3.8, 4) is 0 Å². The molecule has 0 atom stereocenters. The molecule has 0 spiro atoms. The maximum atomic E-state index is 11.4. The van der Waals surface area contributed by atoms with E-state index in [-0.39, 0.29) is 42.7 Å². The lowest BCUT2D eigenvalue weighted by atomic mass is 9.94. The van der Waals surface area contributed by atoms with Crippen molar-refractivity contribution >= 4 is 11.9 Å². The smallest absolute Gasteiger partial charge is 0.335 e. The summed E-state index contributed by atoms with van der Waals surface area (Å²) in [6.07, 6.45) is 0.325. The van der Waals surface area contributed by atoms with Gasteiger partial charge in [0.15, 0.2) is 0 Å². The van der Waals surface area contributed by atoms with Crippen LogP contribution in [-0.2, 0) is 22.3 Å². The molecule has 8 heteroatoms. The van der Waals surface area contributed by atoms with E-state index in [0.717, 1.165) is 0 Å². The molecular weight excluding hydrogens is 296 g/mol. The molecule has 1 aromatic rings. The van der Waals surface area contributed by atoms with Gasteiger partial charge in [0.25, 0.3) is 0 Å². The van der Waals surface area contributed by atoms with Crippen molar-refractivity contribution in [1.29, 1.82) is 0 Å². The number of carboxylic acid groups (broad SMARTS) is 2. The standard InChI is InChI=1S/C14H18O8/c15-7-21-3-1-9-5-11(13(17)18)10(2-4-22-8-16)12(6-9)14(19)20/h5-6,15-16H,1-4,7-8H2,(H,17,18)(H,19,20). The predicted octanol–water partition coefficient (Wildman–Crippen LogP) is 0.101. The Hall–Kier alpha value is -2.00. The monoisotopic (exact) mass is 314 g/mol. The lowest BCUT2D eigenvalue weighted by Crippen LogP contribution is -2.14. The zero-order valence-electron chi connectivity index (χ0n) is 11.8. The normalized spacial score (nSPS) is 10.6. The molecule has 0 amide bonds. The van der Waals surface area contributed by atoms with Crippen molar-refractivity contribution in [2.75, 3.05) is 26.8 Å². The van der Waals surface area contributed by atoms with Crippen LogP contribution in [-0.4, -0.2) is 59.2 Å². The molecule has 0 unspecified atom stereocenters. The van der Waals surface area contributed by atoms with Crippen LogP contribution in [0, 0.1) is 0 Å². The quantitative estimate of drug-likeness (QED) is 0.353. The van der Waals surface area contributed by atoms with Crippen molar-refractivity contribution in [3.05, 3.63) is 34.4 Å². The molecule has 1 aromatic carbocycles. The van der Waals surface area contributed by atoms with Gasteiger partial charge in [-0.05, 0) is 36.1 Å². The van der Waals surface area contributed by atoms with Gasteiger partial charge in [-0.1, -0.05) is 0 Å². The minimum Gasteiger partial charge on any atom is -0.478 e. The fourth-order valence-corrected chi connectivity index (χ4v) is 2.02. The lowest BCUT2D eigenvalue weighted by Gasteiger charge is -2.13. The average Bonchev–Trinajstić information content (AvgIpc) is 2.47. The van der Waals surface area contributed by atoms with Gasteiger partial charge in [0.1, 0.15) is 13.6 Å². The summed E-state index contributed by atoms with van der Waals surface area (Å²) in [6.45, 7) is -0.846. The van der Waals surface area contributed by atoms with Gasteiger partial charge in [-0.15, -0.1) is 0 Å². The molecule has 0 aliphatic rings. The molecule has 0 bridgehead atoms. The van der Waals surface area contributed by atoms with Crippen LogP contribution in [0.15, 0.2) is 12.1 Å². The van der Waals surface area contributed by atoms with Gasteiger partial charge >= 0.3 is 11.9 Å². The summed E-state index contributed by atoms with van der Waals surface area (Å²) in [6, 6.07) is 2.76. The highest BCUT2D eigenvalue weighted by atomic mass is 16.6. The van der Waals surface area contributed by atoms with E-state index >= 15 is 0 Å². The molecule has 22 heavy (non-hydrogen) atoms. The fourth-order valence-electron chi connectivity index (χ4n) is 2.02. The number of carboxylic acids is 2. The van der Waals surface area contributed by atoms with E-state index < -0.39 is 25.5 Å². The van der Waals surface area contributed by atoms with Crippen molar-refractivity contribution in [3.63, 3.8) is 0 Å². The van der Waals surface area contributed by atoms with Crippen LogP contribution in [0.25, 0.3) is 0 Å². The highest BCUT2D eigenvalue weighted by Crippen LogP contribution is 2.20. The Balaban J connectivity index is 3.15. The number of carbonyl (C=O) groups is 2. The molecule has 4 N–H and O–H groups in total. The van der Waals surface area contributed by atoms with Crippen molar-refractivity contribution < 1.29 is 39.5 Å². The Morgan fingerprint density at radius 2 is 1.32 bits per heavy atom. The Kier molecular flexibility index (Phi) is 7.47. The highest BCUT2D eigenvalue weighted by molar-refractivity contribution is 5.97. The van der Waals surface area contributed by atoms with Gasteiger partial charge in [0, 0.05) is 0 Å². The molecule has 122 valence electrons. The molecule has 1 rings (SSSR count). The minimum absolute atomic E-state index is 0.00400. The second-order valence-electron chi connectivity index (χ2n) is 4.35. The van der Waals surface area contributed by atoms with E-state index in [1.165, 1.54) is 12.1 Å². The van der Waals surface area contributed by atoms with Gasteiger partial charge < -0.3 is 29.9 Å². The van der Waals surface area contributed by atoms with Crippen LogP contribution in [0.4, 0.5) is 0 Å². The summed E-state index contributed by atoms with van der Waals surface area (Å²) in [7, 11) is 0. The predicted molar refractivity (Wildman–Crippen MR) is 73.8 cm³/mol. The summed E-state index contributed by atoms with van der Waals surface area (Å²) in [4.78, 5) is 22.7. The number of hydrogen-bond donors (Lipinski definition) is 4. The van der Waals surface area contributed by atoms with Gasteiger partial charge in [0.05, 0.1) is 24.3 Å². The molecule has 0 radical (unpaired) electrons. The van der Waals surface area contributed by atoms with E-state index in [9.17, 15) is 19.8 Å². The third kappa shape index (κ3) is 5.08. The van der Waals surface area contributed by atoms with Crippen LogP contribution in [0.5, 0.6) is 0 Å². The first-order chi connectivity index (χ1) is 10.5. The Morgan fingerprint density at radius 1 is 0.864 bits per heavy atom. The minimum atomic E-state index is -1.24. The van der Waals surface area contributed by atoms with E-state index in [1.807, 2.05) is 0 Å². The Morgan fingerprint density at radius 3 is 1.73 bits per heavy atom. The zero-order valence-corrected chi connectivity index (χ0v) is 11.8. The van der Waals surface area contributed by atoms with Crippen molar-refractivity contribution in [2.24, 2.45) is 0 Å². The molecule has 0 fully saturated rings. The molecule has 0 saturated carbocycles. The molecular formula is C14H18O8. The summed E-state index contributed by atoms with van der Waals surface area (Å²) in [5.74, 6) is -2.49. The largest absolute Gasteiger partial charge is 0.478 e. The Bertz CT molecular complexity index is 491. The van der Waals surface area contributed by atoms with Gasteiger partial charge in [-0.3, -0.25) is 0 Å². The highest BCUT2D eigenvalue weighted by Gasteiger charge is 2.20. The second kappa shape index (κ2) is 9.11. The molecule has 0 saturated heterocycles. The third-order valence-electron chi connectivity index (χ3n) is 2.98. The van der Waals surface area contributed by atoms with Crippen molar-refractivity contribution in [1.82, 2.24) is 0 Å². The molecule has 0 aromatic heterocycles. The van der Waals surface area contributed by atoms with Crippen LogP contribution in [0.2, 0.25) is 0 Å². The van der Waals surface area contributed by atoms with Crippen LogP contribution in [0.1, 0.15) is 31.8 Å². The summed E-state index contributed by atoms with van der Waals surface area (Å²) in [5, 5.41) is 35.7. The van der Waals surface area contributed by atoms with Crippen molar-refractivity contribution in [2.45, 2.75) is 12.8 Å². The van der Waals surface area contributed by atoms with E-state index in [4.69, 9.17) is 19.7 Å². The third-order valence-corrected chi connectivity index (χ3v) is 2.98. The van der Waals surface area contributed by atoms with Gasteiger partial charge in [-0.2, -0.15) is 0 Å². The van der Waals surface area contributed by atoms with E-state index in [1.54, 1.807) is 0 Å². The van der Waals surface area contributed by atoms with Crippen LogP contribution >= 0.6 is 0 Å². The summed E-state index contributed by atoms with van der Waals surface area (Å²) >= 11 is 0. The number of aliphatic hydroxyl groups excluding tert-OH is 2. The molecule has 0 aliphatic carbocycles. The number of aliphatic hydroxyl groups is 2. The zero-order chi connectivity index (χ0) is 16.5. The number of hydrogen-bond acceptors (Lipinski definition) is 6. The second-order valence-corrected chi connectivity index (χ2v) is 4.35. The molecule has 8 nitrogen and oxygen atoms in total. The lowest BCUT2D eigenvalue weighted by molar-refractivity contribution is -0.000373. The van der Waals surface area contributed by atoms with Gasteiger partial charge in [-0.25, -0.2) is 9.59 Å². The number of rotatable bonds is 10. The van der Waals surface area contributed by atoms with Crippen LogP contribution < -0.4 is 0 Å². The van der Waals surface area contributed by atoms with E-state index in [0.29, 0.717) is 5.56 Å². The SMILES string of the molecule is O=C(O)c1cc(CCOCO)cc(C(=O)O)c1CCOCO. The summed E-state index contributed by atoms with van der Waals surface area (Å²) in [5.41, 5.74) is 0.372. The number of benzene rings is 1. The summed E-state index contributed by atoms with van der Waals surface area (Å²) < 4.78 is 9.50. The molecule has 0 aliphatic heterocycles. The van der Waals surface area contributed by atoms with Gasteiger partial charge in [0.2, 0.25) is 0 Å². The molecule has 0 heterocycles. The maximum Gasteiger partial charge on any atom is 0.335 e. The first-order valence-electron chi connectivity index (χ1n) is 6.50. The maximum absolute atomic E-state index is 11.4. The van der Waals surface area contributed by atoms with E-state index in [2.05, 4.69) is 0 Å². The first-order valence-corrected chi connectivity index (χ1v) is 6.50. The number of ether oxygens (including phenoxy) is 2.